The summed E-state index contributed by atoms with van der Waals surface area (Å²) in [4.78, 5) is 22.8. The molecule has 2 unspecified atom stereocenters. The molecule has 6 nitrogen and oxygen atoms in total. The van der Waals surface area contributed by atoms with E-state index in [-0.39, 0.29) is 24.2 Å². The van der Waals surface area contributed by atoms with Gasteiger partial charge in [0.15, 0.2) is 0 Å². The van der Waals surface area contributed by atoms with E-state index in [1.807, 2.05) is 19.0 Å². The maximum Gasteiger partial charge on any atom is 0.227 e. The predicted octanol–water partition coefficient (Wildman–Crippen LogP) is 2.06. The Labute approximate surface area is 143 Å². The lowest BCUT2D eigenvalue weighted by Gasteiger charge is -2.43. The van der Waals surface area contributed by atoms with Crippen molar-refractivity contribution >= 4 is 29.9 Å². The summed E-state index contributed by atoms with van der Waals surface area (Å²) in [6.07, 6.45) is 8.76. The van der Waals surface area contributed by atoms with Crippen LogP contribution in [0.3, 0.4) is 0 Å². The number of fused-ring (bicyclic) bond motifs is 2. The highest BCUT2D eigenvalue weighted by molar-refractivity contribution is 5.92. The van der Waals surface area contributed by atoms with E-state index in [4.69, 9.17) is 5.73 Å². The third kappa shape index (κ3) is 3.93. The molecule has 128 valence electrons. The van der Waals surface area contributed by atoms with Crippen molar-refractivity contribution in [3.63, 3.8) is 0 Å². The molecule has 1 amide bonds. The van der Waals surface area contributed by atoms with Crippen LogP contribution in [0.4, 0.5) is 11.6 Å². The molecule has 0 radical (unpaired) electrons. The van der Waals surface area contributed by atoms with Gasteiger partial charge in [0.05, 0.1) is 18.1 Å². The molecule has 1 aromatic rings. The molecule has 2 aliphatic rings. The molecular weight excluding hydrogens is 314 g/mol. The van der Waals surface area contributed by atoms with Crippen LogP contribution in [0.15, 0.2) is 12.4 Å². The Bertz CT molecular complexity index is 522. The van der Waals surface area contributed by atoms with Gasteiger partial charge >= 0.3 is 0 Å². The fraction of sp³-hybridized carbons (Fsp3) is 0.688. The first-order valence-corrected chi connectivity index (χ1v) is 8.10. The molecule has 0 saturated heterocycles. The average Bonchev–Trinajstić information content (AvgIpc) is 2.47. The summed E-state index contributed by atoms with van der Waals surface area (Å²) in [5.41, 5.74) is 6.95. The van der Waals surface area contributed by atoms with Crippen molar-refractivity contribution < 1.29 is 4.79 Å². The van der Waals surface area contributed by atoms with Gasteiger partial charge in [0.1, 0.15) is 0 Å². The minimum Gasteiger partial charge on any atom is -0.347 e. The fourth-order valence-corrected chi connectivity index (χ4v) is 3.86. The summed E-state index contributed by atoms with van der Waals surface area (Å²) in [7, 11) is 3.77. The number of rotatable bonds is 3. The van der Waals surface area contributed by atoms with Gasteiger partial charge in [-0.3, -0.25) is 4.79 Å². The van der Waals surface area contributed by atoms with Crippen LogP contribution < -0.4 is 16.0 Å². The molecule has 7 heteroatoms. The smallest absolute Gasteiger partial charge is 0.227 e. The quantitative estimate of drug-likeness (QED) is 0.880. The molecule has 23 heavy (non-hydrogen) atoms. The number of amides is 1. The number of aromatic nitrogens is 2. The zero-order chi connectivity index (χ0) is 15.7. The number of carbonyl (C=O) groups excluding carboxylic acids is 1. The van der Waals surface area contributed by atoms with Gasteiger partial charge in [-0.25, -0.2) is 9.97 Å². The van der Waals surface area contributed by atoms with Gasteiger partial charge in [0.25, 0.3) is 0 Å². The first-order valence-electron chi connectivity index (χ1n) is 8.10. The van der Waals surface area contributed by atoms with Crippen LogP contribution in [-0.4, -0.2) is 36.0 Å². The summed E-state index contributed by atoms with van der Waals surface area (Å²) in [5, 5.41) is 2.96. The van der Waals surface area contributed by atoms with Crippen molar-refractivity contribution in [3.8, 4) is 0 Å². The highest BCUT2D eigenvalue weighted by Crippen LogP contribution is 2.42. The molecule has 0 aliphatic heterocycles. The molecule has 3 N–H and O–H groups in total. The van der Waals surface area contributed by atoms with Crippen LogP contribution in [0.2, 0.25) is 0 Å². The van der Waals surface area contributed by atoms with E-state index < -0.39 is 0 Å². The van der Waals surface area contributed by atoms with Crippen LogP contribution >= 0.6 is 12.4 Å². The van der Waals surface area contributed by atoms with Crippen molar-refractivity contribution in [2.24, 2.45) is 23.5 Å². The Morgan fingerprint density at radius 1 is 1.22 bits per heavy atom. The number of nitrogens with two attached hydrogens (primary N) is 1. The number of halogens is 1. The number of carbonyl (C=O) groups is 1. The topological polar surface area (TPSA) is 84.1 Å². The van der Waals surface area contributed by atoms with Crippen molar-refractivity contribution in [3.05, 3.63) is 12.4 Å². The number of hydrogen-bond donors (Lipinski definition) is 2. The molecule has 2 aliphatic carbocycles. The van der Waals surface area contributed by atoms with Crippen LogP contribution in [-0.2, 0) is 4.79 Å². The Morgan fingerprint density at radius 3 is 2.30 bits per heavy atom. The number of nitrogens with zero attached hydrogens (tertiary/aromatic N) is 3. The van der Waals surface area contributed by atoms with Gasteiger partial charge < -0.3 is 16.0 Å². The first-order chi connectivity index (χ1) is 10.5. The summed E-state index contributed by atoms with van der Waals surface area (Å²) >= 11 is 0. The largest absolute Gasteiger partial charge is 0.347 e. The van der Waals surface area contributed by atoms with Crippen LogP contribution in [0.25, 0.3) is 0 Å². The summed E-state index contributed by atoms with van der Waals surface area (Å²) in [5.74, 6) is 1.82. The van der Waals surface area contributed by atoms with E-state index in [1.54, 1.807) is 12.4 Å². The van der Waals surface area contributed by atoms with Gasteiger partial charge in [0, 0.05) is 26.1 Å². The molecule has 1 heterocycles. The molecule has 3 rings (SSSR count). The summed E-state index contributed by atoms with van der Waals surface area (Å²) in [6.45, 7) is 0. The first kappa shape index (κ1) is 17.9. The SMILES string of the molecule is CN(C)c1ncc(NC(=O)C2CC3CCCC(C2)C3N)cn1.Cl. The number of anilines is 2. The monoisotopic (exact) mass is 339 g/mol. The lowest BCUT2D eigenvalue weighted by atomic mass is 9.65. The zero-order valence-corrected chi connectivity index (χ0v) is 14.6. The van der Waals surface area contributed by atoms with E-state index in [0.29, 0.717) is 29.5 Å². The van der Waals surface area contributed by atoms with Crippen LogP contribution in [0.1, 0.15) is 32.1 Å². The summed E-state index contributed by atoms with van der Waals surface area (Å²) < 4.78 is 0. The number of nitrogens with one attached hydrogen (secondary N) is 1. The molecule has 0 aromatic carbocycles. The van der Waals surface area contributed by atoms with Gasteiger partial charge in [-0.2, -0.15) is 0 Å². The molecule has 0 spiro atoms. The van der Waals surface area contributed by atoms with Crippen LogP contribution in [0.5, 0.6) is 0 Å². The summed E-state index contributed by atoms with van der Waals surface area (Å²) in [6, 6.07) is 0.292. The Kier molecular flexibility index (Phi) is 5.81. The highest BCUT2D eigenvalue weighted by Gasteiger charge is 2.40. The van der Waals surface area contributed by atoms with E-state index in [9.17, 15) is 4.79 Å². The molecular formula is C16H26ClN5O. The zero-order valence-electron chi connectivity index (χ0n) is 13.7. The Hall–Kier alpha value is -1.40. The van der Waals surface area contributed by atoms with Crippen LogP contribution in [0, 0.1) is 17.8 Å². The molecule has 2 fully saturated rings. The predicted molar refractivity (Wildman–Crippen MR) is 93.8 cm³/mol. The highest BCUT2D eigenvalue weighted by atomic mass is 35.5. The third-order valence-corrected chi connectivity index (χ3v) is 5.09. The van der Waals surface area contributed by atoms with Crippen molar-refractivity contribution in [1.29, 1.82) is 0 Å². The Balaban J connectivity index is 0.00000192. The van der Waals surface area contributed by atoms with E-state index in [0.717, 1.165) is 12.8 Å². The van der Waals surface area contributed by atoms with Gasteiger partial charge in [-0.15, -0.1) is 12.4 Å². The standard InChI is InChI=1S/C16H25N5O.ClH/c1-21(2)16-18-8-13(9-19-16)20-15(22)12-6-10-4-3-5-11(7-12)14(10)17;/h8-12,14H,3-7,17H2,1-2H3,(H,20,22);1H. The minimum atomic E-state index is 0. The molecule has 2 bridgehead atoms. The lowest BCUT2D eigenvalue weighted by molar-refractivity contribution is -0.122. The molecule has 2 atom stereocenters. The molecule has 1 aromatic heterocycles. The number of hydrogen-bond acceptors (Lipinski definition) is 5. The maximum atomic E-state index is 12.5. The van der Waals surface area contributed by atoms with E-state index >= 15 is 0 Å². The lowest BCUT2D eigenvalue weighted by Crippen LogP contribution is -2.48. The van der Waals surface area contributed by atoms with E-state index in [2.05, 4.69) is 15.3 Å². The Morgan fingerprint density at radius 2 is 1.78 bits per heavy atom. The van der Waals surface area contributed by atoms with Crippen molar-refractivity contribution in [2.75, 3.05) is 24.3 Å². The third-order valence-electron chi connectivity index (χ3n) is 5.09. The maximum absolute atomic E-state index is 12.5. The average molecular weight is 340 g/mol. The van der Waals surface area contributed by atoms with Gasteiger partial charge in [-0.05, 0) is 37.5 Å². The second-order valence-electron chi connectivity index (χ2n) is 6.85. The van der Waals surface area contributed by atoms with E-state index in [1.165, 1.54) is 19.3 Å². The van der Waals surface area contributed by atoms with Gasteiger partial charge in [-0.1, -0.05) is 6.42 Å². The second kappa shape index (κ2) is 7.45. The van der Waals surface area contributed by atoms with Gasteiger partial charge in [0.2, 0.25) is 11.9 Å². The molecule has 2 saturated carbocycles. The second-order valence-corrected chi connectivity index (χ2v) is 6.85. The minimum absolute atomic E-state index is 0. The van der Waals surface area contributed by atoms with Crippen molar-refractivity contribution in [1.82, 2.24) is 9.97 Å². The normalized spacial score (nSPS) is 29.3. The fourth-order valence-electron chi connectivity index (χ4n) is 3.86. The van der Waals surface area contributed by atoms with Crippen molar-refractivity contribution in [2.45, 2.75) is 38.1 Å².